The number of nitrogens with zero attached hydrogens (tertiary/aromatic N) is 1. The summed E-state index contributed by atoms with van der Waals surface area (Å²) in [4.78, 5) is 4.41. The van der Waals surface area contributed by atoms with Crippen molar-refractivity contribution in [1.29, 1.82) is 0 Å². The molecule has 1 aromatic rings. The van der Waals surface area contributed by atoms with Crippen molar-refractivity contribution in [3.8, 4) is 0 Å². The van der Waals surface area contributed by atoms with E-state index >= 15 is 0 Å². The molecule has 0 fully saturated rings. The number of aromatic nitrogens is 1. The average Bonchev–Trinajstić information content (AvgIpc) is 2.25. The van der Waals surface area contributed by atoms with Crippen LogP contribution in [-0.4, -0.2) is 24.7 Å². The fraction of sp³-hybridized carbons (Fsp3) is 0.545. The lowest BCUT2D eigenvalue weighted by Gasteiger charge is -2.18. The van der Waals surface area contributed by atoms with Crippen LogP contribution in [0.2, 0.25) is 0 Å². The number of rotatable bonds is 6. The number of hydrogen-bond donors (Lipinski definition) is 1. The third-order valence-corrected chi connectivity index (χ3v) is 3.17. The number of nitrogens with one attached hydrogen (secondary N) is 1. The largest absolute Gasteiger partial charge is 0.380 e. The van der Waals surface area contributed by atoms with E-state index in [1.807, 2.05) is 13.0 Å². The van der Waals surface area contributed by atoms with Crippen LogP contribution in [0, 0.1) is 0 Å². The van der Waals surface area contributed by atoms with Crippen molar-refractivity contribution in [3.05, 3.63) is 26.9 Å². The summed E-state index contributed by atoms with van der Waals surface area (Å²) < 4.78 is 7.41. The van der Waals surface area contributed by atoms with Crippen LogP contribution in [0.4, 0.5) is 0 Å². The van der Waals surface area contributed by atoms with Crippen LogP contribution in [0.1, 0.15) is 25.6 Å². The molecule has 0 aromatic carbocycles. The molecule has 1 atom stereocenters. The van der Waals surface area contributed by atoms with E-state index in [4.69, 9.17) is 4.74 Å². The number of ether oxygens (including phenoxy) is 1. The second-order valence-corrected chi connectivity index (χ2v) is 5.06. The first-order valence-electron chi connectivity index (χ1n) is 5.31. The highest BCUT2D eigenvalue weighted by Gasteiger charge is 2.15. The molecule has 0 radical (unpaired) electrons. The molecular weight excluding hydrogens is 336 g/mol. The van der Waals surface area contributed by atoms with Crippen molar-refractivity contribution in [3.63, 3.8) is 0 Å². The maximum Gasteiger partial charge on any atom is 0.0744 e. The van der Waals surface area contributed by atoms with Gasteiger partial charge in [0.05, 0.1) is 18.3 Å². The zero-order chi connectivity index (χ0) is 12.0. The Kier molecular flexibility index (Phi) is 6.49. The van der Waals surface area contributed by atoms with Crippen LogP contribution >= 0.6 is 31.9 Å². The summed E-state index contributed by atoms with van der Waals surface area (Å²) >= 11 is 6.91. The SMILES string of the molecule is CCNC(COCC)c1ncc(Br)cc1Br. The quantitative estimate of drug-likeness (QED) is 0.853. The van der Waals surface area contributed by atoms with E-state index in [0.29, 0.717) is 6.61 Å². The molecule has 1 rings (SSSR count). The predicted octanol–water partition coefficient (Wildman–Crippen LogP) is 3.29. The van der Waals surface area contributed by atoms with Gasteiger partial charge in [-0.3, -0.25) is 4.98 Å². The molecular formula is C11H16Br2N2O. The van der Waals surface area contributed by atoms with Gasteiger partial charge < -0.3 is 10.1 Å². The monoisotopic (exact) mass is 350 g/mol. The van der Waals surface area contributed by atoms with E-state index in [9.17, 15) is 0 Å². The van der Waals surface area contributed by atoms with Gasteiger partial charge in [-0.05, 0) is 51.4 Å². The van der Waals surface area contributed by atoms with Crippen LogP contribution in [0.15, 0.2) is 21.2 Å². The standard InChI is InChI=1S/C11H16Br2N2O/c1-3-14-10(7-16-4-2)11-9(13)5-8(12)6-15-11/h5-6,10,14H,3-4,7H2,1-2H3. The minimum atomic E-state index is 0.132. The molecule has 0 saturated heterocycles. The highest BCUT2D eigenvalue weighted by atomic mass is 79.9. The van der Waals surface area contributed by atoms with E-state index in [1.165, 1.54) is 0 Å². The molecule has 0 amide bonds. The highest BCUT2D eigenvalue weighted by molar-refractivity contribution is 9.11. The van der Waals surface area contributed by atoms with Gasteiger partial charge >= 0.3 is 0 Å². The molecule has 0 aliphatic carbocycles. The Labute approximate surface area is 113 Å². The molecule has 1 aromatic heterocycles. The summed E-state index contributed by atoms with van der Waals surface area (Å²) in [5.74, 6) is 0. The summed E-state index contributed by atoms with van der Waals surface area (Å²) in [5, 5.41) is 3.36. The van der Waals surface area contributed by atoms with Crippen LogP contribution in [0.3, 0.4) is 0 Å². The average molecular weight is 352 g/mol. The Morgan fingerprint density at radius 1 is 1.44 bits per heavy atom. The van der Waals surface area contributed by atoms with Gasteiger partial charge in [0.1, 0.15) is 0 Å². The van der Waals surface area contributed by atoms with Gasteiger partial charge in [-0.25, -0.2) is 0 Å². The minimum absolute atomic E-state index is 0.132. The summed E-state index contributed by atoms with van der Waals surface area (Å²) in [5.41, 5.74) is 0.985. The van der Waals surface area contributed by atoms with Crippen LogP contribution in [-0.2, 0) is 4.74 Å². The van der Waals surface area contributed by atoms with Crippen molar-refractivity contribution in [2.24, 2.45) is 0 Å². The first kappa shape index (κ1) is 14.1. The lowest BCUT2D eigenvalue weighted by atomic mass is 10.2. The Morgan fingerprint density at radius 3 is 2.75 bits per heavy atom. The maximum absolute atomic E-state index is 5.45. The molecule has 1 N–H and O–H groups in total. The molecule has 0 spiro atoms. The Balaban J connectivity index is 2.82. The zero-order valence-electron chi connectivity index (χ0n) is 9.46. The van der Waals surface area contributed by atoms with Crippen LogP contribution in [0.25, 0.3) is 0 Å². The highest BCUT2D eigenvalue weighted by Crippen LogP contribution is 2.24. The molecule has 0 aliphatic heterocycles. The number of halogens is 2. The van der Waals surface area contributed by atoms with Crippen molar-refractivity contribution in [1.82, 2.24) is 10.3 Å². The van der Waals surface area contributed by atoms with Gasteiger partial charge in [0.15, 0.2) is 0 Å². The molecule has 0 saturated carbocycles. The summed E-state index contributed by atoms with van der Waals surface area (Å²) in [7, 11) is 0. The molecule has 90 valence electrons. The summed E-state index contributed by atoms with van der Waals surface area (Å²) in [6, 6.07) is 2.13. The van der Waals surface area contributed by atoms with Gasteiger partial charge in [0.2, 0.25) is 0 Å². The summed E-state index contributed by atoms with van der Waals surface area (Å²) in [6.45, 7) is 6.31. The van der Waals surface area contributed by atoms with Crippen molar-refractivity contribution < 1.29 is 4.74 Å². The molecule has 5 heteroatoms. The molecule has 3 nitrogen and oxygen atoms in total. The number of pyridine rings is 1. The van der Waals surface area contributed by atoms with E-state index in [0.717, 1.165) is 27.8 Å². The van der Waals surface area contributed by atoms with Gasteiger partial charge in [0, 0.05) is 21.7 Å². The third kappa shape index (κ3) is 4.13. The normalized spacial score (nSPS) is 12.8. The Hall–Kier alpha value is 0.0300. The minimum Gasteiger partial charge on any atom is -0.380 e. The molecule has 16 heavy (non-hydrogen) atoms. The molecule has 0 bridgehead atoms. The predicted molar refractivity (Wildman–Crippen MR) is 72.5 cm³/mol. The van der Waals surface area contributed by atoms with E-state index < -0.39 is 0 Å². The van der Waals surface area contributed by atoms with Crippen molar-refractivity contribution in [2.75, 3.05) is 19.8 Å². The maximum atomic E-state index is 5.45. The second-order valence-electron chi connectivity index (χ2n) is 3.29. The Morgan fingerprint density at radius 2 is 2.19 bits per heavy atom. The Bertz CT molecular complexity index is 334. The zero-order valence-corrected chi connectivity index (χ0v) is 12.6. The molecule has 1 unspecified atom stereocenters. The van der Waals surface area contributed by atoms with E-state index in [1.54, 1.807) is 6.20 Å². The van der Waals surface area contributed by atoms with Gasteiger partial charge in [-0.15, -0.1) is 0 Å². The fourth-order valence-electron chi connectivity index (χ4n) is 1.40. The van der Waals surface area contributed by atoms with Crippen LogP contribution < -0.4 is 5.32 Å². The van der Waals surface area contributed by atoms with Gasteiger partial charge in [-0.1, -0.05) is 6.92 Å². The van der Waals surface area contributed by atoms with Gasteiger partial charge in [-0.2, -0.15) is 0 Å². The summed E-state index contributed by atoms with van der Waals surface area (Å²) in [6.07, 6.45) is 1.80. The third-order valence-electron chi connectivity index (χ3n) is 2.11. The van der Waals surface area contributed by atoms with E-state index in [2.05, 4.69) is 49.1 Å². The van der Waals surface area contributed by atoms with Crippen molar-refractivity contribution >= 4 is 31.9 Å². The number of likely N-dealkylation sites (N-methyl/N-ethyl adjacent to an activating group) is 1. The lowest BCUT2D eigenvalue weighted by Crippen LogP contribution is -2.26. The number of hydrogen-bond acceptors (Lipinski definition) is 3. The van der Waals surface area contributed by atoms with E-state index in [-0.39, 0.29) is 6.04 Å². The topological polar surface area (TPSA) is 34.1 Å². The first-order chi connectivity index (χ1) is 7.69. The van der Waals surface area contributed by atoms with Crippen molar-refractivity contribution in [2.45, 2.75) is 19.9 Å². The second kappa shape index (κ2) is 7.37. The van der Waals surface area contributed by atoms with Crippen LogP contribution in [0.5, 0.6) is 0 Å². The smallest absolute Gasteiger partial charge is 0.0744 e. The molecule has 0 aliphatic rings. The van der Waals surface area contributed by atoms with Gasteiger partial charge in [0.25, 0.3) is 0 Å². The first-order valence-corrected chi connectivity index (χ1v) is 6.89. The molecule has 1 heterocycles. The fourth-order valence-corrected chi connectivity index (χ4v) is 2.66. The lowest BCUT2D eigenvalue weighted by molar-refractivity contribution is 0.122.